The largest absolute Gasteiger partial charge is 0.330 e. The van der Waals surface area contributed by atoms with Crippen molar-refractivity contribution in [1.82, 2.24) is 4.57 Å². The minimum Gasteiger partial charge on any atom is -0.330 e. The number of nitrogens with zero attached hydrogens (tertiary/aromatic N) is 3. The number of benzene rings is 2. The molecule has 35 heavy (non-hydrogen) atoms. The second-order valence-electron chi connectivity index (χ2n) is 10.0. The van der Waals surface area contributed by atoms with Crippen LogP contribution in [0.15, 0.2) is 59.8 Å². The van der Waals surface area contributed by atoms with E-state index in [-0.39, 0.29) is 22.6 Å². The number of carbonyl (C=O) groups excluding carboxylic acids is 2. The predicted octanol–water partition coefficient (Wildman–Crippen LogP) is 6.09. The summed E-state index contributed by atoms with van der Waals surface area (Å²) in [5.74, 6) is 0.729. The Morgan fingerprint density at radius 3 is 2.23 bits per heavy atom. The number of allylic oxidation sites excluding steroid dienone is 4. The Bertz CT molecular complexity index is 1480. The van der Waals surface area contributed by atoms with Crippen molar-refractivity contribution >= 4 is 28.3 Å². The van der Waals surface area contributed by atoms with Gasteiger partial charge in [0.15, 0.2) is 11.6 Å². The van der Waals surface area contributed by atoms with Crippen molar-refractivity contribution in [2.75, 3.05) is 18.0 Å². The van der Waals surface area contributed by atoms with Crippen LogP contribution in [0.25, 0.3) is 15.7 Å². The van der Waals surface area contributed by atoms with Gasteiger partial charge < -0.3 is 14.3 Å². The zero-order valence-electron chi connectivity index (χ0n) is 20.9. The van der Waals surface area contributed by atoms with E-state index in [1.807, 2.05) is 38.1 Å². The molecule has 1 aromatic heterocycles. The van der Waals surface area contributed by atoms with Gasteiger partial charge in [0.2, 0.25) is 6.54 Å². The van der Waals surface area contributed by atoms with Crippen LogP contribution in [0.3, 0.4) is 0 Å². The van der Waals surface area contributed by atoms with E-state index < -0.39 is 0 Å². The highest BCUT2D eigenvalue weighted by Crippen LogP contribution is 2.52. The zero-order valence-corrected chi connectivity index (χ0v) is 20.9. The summed E-state index contributed by atoms with van der Waals surface area (Å²) in [6.45, 7) is 16.5. The first kappa shape index (κ1) is 22.9. The Hall–Kier alpha value is -3.91. The lowest BCUT2D eigenvalue weighted by Gasteiger charge is -2.28. The van der Waals surface area contributed by atoms with Gasteiger partial charge in [-0.1, -0.05) is 44.2 Å². The Kier molecular flexibility index (Phi) is 5.29. The van der Waals surface area contributed by atoms with E-state index in [9.17, 15) is 9.59 Å². The van der Waals surface area contributed by atoms with Crippen LogP contribution in [0.4, 0.5) is 5.82 Å². The topological polar surface area (TPSA) is 46.7 Å². The first-order valence-electron chi connectivity index (χ1n) is 12.0. The SMILES string of the molecule is [C-]#[N+]CCCN1/C(=C/C=C2C(=O)c3c(C)ccc(C)c3C2=O)C(C)(C)c2c1n(C)c1ccccc21. The monoisotopic (exact) mass is 463 g/mol. The molecular weight excluding hydrogens is 434 g/mol. The average molecular weight is 464 g/mol. The highest BCUT2D eigenvalue weighted by Gasteiger charge is 2.44. The highest BCUT2D eigenvalue weighted by molar-refractivity contribution is 6.40. The fourth-order valence-electron chi connectivity index (χ4n) is 5.81. The standard InChI is InChI=1S/C30H29N3O2/c1-18-12-13-19(2)25-24(18)27(34)21(28(25)35)14-15-23-30(3,4)26-20-10-7-8-11-22(20)32(6)29(26)33(23)17-9-16-31-5/h7-8,10-15H,9,16-17H2,1-4,6H3/b23-15+. The Balaban J connectivity index is 1.66. The van der Waals surface area contributed by atoms with E-state index in [0.29, 0.717) is 24.2 Å². The lowest BCUT2D eigenvalue weighted by atomic mass is 9.83. The van der Waals surface area contributed by atoms with Crippen molar-refractivity contribution in [3.05, 3.63) is 99.1 Å². The van der Waals surface area contributed by atoms with Crippen LogP contribution in [-0.2, 0) is 12.5 Å². The summed E-state index contributed by atoms with van der Waals surface area (Å²) in [7, 11) is 2.08. The number of anilines is 1. The fraction of sp³-hybridized carbons (Fsp3) is 0.300. The van der Waals surface area contributed by atoms with Gasteiger partial charge in [0.25, 0.3) is 0 Å². The van der Waals surface area contributed by atoms with Crippen LogP contribution in [-0.4, -0.2) is 29.2 Å². The molecule has 1 aliphatic carbocycles. The molecule has 5 rings (SSSR count). The molecule has 0 fully saturated rings. The van der Waals surface area contributed by atoms with Crippen LogP contribution < -0.4 is 4.90 Å². The van der Waals surface area contributed by atoms with Gasteiger partial charge in [-0.3, -0.25) is 9.59 Å². The van der Waals surface area contributed by atoms with E-state index >= 15 is 0 Å². The number of para-hydroxylation sites is 1. The Morgan fingerprint density at radius 2 is 1.60 bits per heavy atom. The summed E-state index contributed by atoms with van der Waals surface area (Å²) in [6, 6.07) is 12.2. The van der Waals surface area contributed by atoms with Gasteiger partial charge in [-0.15, -0.1) is 0 Å². The number of ketones is 2. The number of hydrogen-bond donors (Lipinski definition) is 0. The molecule has 0 amide bonds. The molecule has 2 aromatic carbocycles. The van der Waals surface area contributed by atoms with Crippen LogP contribution >= 0.6 is 0 Å². The molecule has 0 spiro atoms. The maximum atomic E-state index is 13.3. The molecule has 2 heterocycles. The molecule has 0 bridgehead atoms. The molecule has 0 atom stereocenters. The van der Waals surface area contributed by atoms with Gasteiger partial charge in [0.05, 0.1) is 5.57 Å². The minimum atomic E-state index is -0.339. The average Bonchev–Trinajstić information content (AvgIpc) is 3.35. The molecule has 1 aliphatic heterocycles. The lowest BCUT2D eigenvalue weighted by molar-refractivity contribution is 0.0988. The molecule has 0 saturated carbocycles. The third kappa shape index (κ3) is 3.20. The molecule has 2 aliphatic rings. The Labute approximate surface area is 206 Å². The van der Waals surface area contributed by atoms with E-state index in [0.717, 1.165) is 29.1 Å². The van der Waals surface area contributed by atoms with Crippen molar-refractivity contribution in [3.63, 3.8) is 0 Å². The van der Waals surface area contributed by atoms with Gasteiger partial charge in [-0.05, 0) is 43.2 Å². The van der Waals surface area contributed by atoms with Crippen molar-refractivity contribution in [2.24, 2.45) is 7.05 Å². The van der Waals surface area contributed by atoms with Crippen molar-refractivity contribution in [1.29, 1.82) is 0 Å². The van der Waals surface area contributed by atoms with Gasteiger partial charge >= 0.3 is 0 Å². The predicted molar refractivity (Wildman–Crippen MR) is 140 cm³/mol. The van der Waals surface area contributed by atoms with Crippen LogP contribution in [0, 0.1) is 20.4 Å². The third-order valence-corrected chi connectivity index (χ3v) is 7.51. The van der Waals surface area contributed by atoms with Gasteiger partial charge in [-0.25, -0.2) is 6.57 Å². The summed E-state index contributed by atoms with van der Waals surface area (Å²) in [5, 5.41) is 1.20. The number of carbonyl (C=O) groups is 2. The van der Waals surface area contributed by atoms with E-state index in [1.165, 1.54) is 16.5 Å². The molecule has 3 aromatic rings. The molecule has 0 N–H and O–H groups in total. The molecule has 0 unspecified atom stereocenters. The molecule has 0 saturated heterocycles. The Morgan fingerprint density at radius 1 is 0.971 bits per heavy atom. The summed E-state index contributed by atoms with van der Waals surface area (Å²) in [6.07, 6.45) is 4.40. The number of aryl methyl sites for hydroxylation is 3. The van der Waals surface area contributed by atoms with Crippen LogP contribution in [0.2, 0.25) is 0 Å². The van der Waals surface area contributed by atoms with Gasteiger partial charge in [0.1, 0.15) is 5.82 Å². The zero-order chi connectivity index (χ0) is 25.1. The third-order valence-electron chi connectivity index (χ3n) is 7.51. The van der Waals surface area contributed by atoms with Crippen LogP contribution in [0.1, 0.15) is 57.7 Å². The van der Waals surface area contributed by atoms with Crippen molar-refractivity contribution in [3.8, 4) is 0 Å². The minimum absolute atomic E-state index is 0.193. The molecule has 5 nitrogen and oxygen atoms in total. The summed E-state index contributed by atoms with van der Waals surface area (Å²) < 4.78 is 2.21. The molecule has 176 valence electrons. The molecule has 5 heteroatoms. The number of fused-ring (bicyclic) bond motifs is 4. The van der Waals surface area contributed by atoms with Gasteiger partial charge in [0, 0.05) is 58.7 Å². The number of aromatic nitrogens is 1. The summed E-state index contributed by atoms with van der Waals surface area (Å²) in [4.78, 5) is 32.3. The maximum Gasteiger partial charge on any atom is 0.216 e. The lowest BCUT2D eigenvalue weighted by Crippen LogP contribution is -2.28. The van der Waals surface area contributed by atoms with E-state index in [1.54, 1.807) is 6.08 Å². The second-order valence-corrected chi connectivity index (χ2v) is 10.0. The smallest absolute Gasteiger partial charge is 0.216 e. The van der Waals surface area contributed by atoms with Gasteiger partial charge in [-0.2, -0.15) is 0 Å². The summed E-state index contributed by atoms with van der Waals surface area (Å²) >= 11 is 0. The van der Waals surface area contributed by atoms with Crippen molar-refractivity contribution < 1.29 is 9.59 Å². The van der Waals surface area contributed by atoms with Crippen molar-refractivity contribution in [2.45, 2.75) is 39.5 Å². The quantitative estimate of drug-likeness (QED) is 0.204. The van der Waals surface area contributed by atoms with E-state index in [4.69, 9.17) is 6.57 Å². The highest BCUT2D eigenvalue weighted by atomic mass is 16.2. The number of hydrogen-bond acceptors (Lipinski definition) is 3. The number of rotatable bonds is 4. The second kappa shape index (κ2) is 8.09. The number of Topliss-reactive ketones (excluding diaryl/α,β-unsaturated/α-hetero) is 2. The molecule has 0 radical (unpaired) electrons. The first-order chi connectivity index (χ1) is 16.7. The van der Waals surface area contributed by atoms with E-state index in [2.05, 4.69) is 53.4 Å². The normalized spacial score (nSPS) is 17.3. The fourth-order valence-corrected chi connectivity index (χ4v) is 5.81. The van der Waals surface area contributed by atoms with Crippen LogP contribution in [0.5, 0.6) is 0 Å². The first-order valence-corrected chi connectivity index (χ1v) is 12.0. The summed E-state index contributed by atoms with van der Waals surface area (Å²) in [5.41, 5.74) is 6.06. The molecular formula is C30H29N3O2. The maximum absolute atomic E-state index is 13.3.